The number of nitrogens with zero attached hydrogens (tertiary/aromatic N) is 1. The molecule has 0 aliphatic carbocycles. The quantitative estimate of drug-likeness (QED) is 0.248. The number of esters is 1. The summed E-state index contributed by atoms with van der Waals surface area (Å²) in [5, 5.41) is 13.3. The Hall–Kier alpha value is -3.79. The summed E-state index contributed by atoms with van der Waals surface area (Å²) < 4.78 is 15.8. The third-order valence-corrected chi connectivity index (χ3v) is 4.10. The molecular formula is C23H26N2O8. The van der Waals surface area contributed by atoms with E-state index < -0.39 is 41.0 Å². The summed E-state index contributed by atoms with van der Waals surface area (Å²) in [5.41, 5.74) is -0.163. The second-order valence-corrected chi connectivity index (χ2v) is 8.04. The molecule has 0 aliphatic rings. The minimum Gasteiger partial charge on any atom is -0.456 e. The van der Waals surface area contributed by atoms with Crippen molar-refractivity contribution in [1.29, 1.82) is 0 Å². The first-order valence-electron chi connectivity index (χ1n) is 10.1. The number of rotatable bonds is 10. The molecular weight excluding hydrogens is 432 g/mol. The molecule has 1 amide bonds. The molecule has 0 fully saturated rings. The number of nitrogens with one attached hydrogen (secondary N) is 1. The van der Waals surface area contributed by atoms with E-state index in [0.717, 1.165) is 11.6 Å². The van der Waals surface area contributed by atoms with Gasteiger partial charge < -0.3 is 19.5 Å². The number of hydrogen-bond acceptors (Lipinski definition) is 8. The lowest BCUT2D eigenvalue weighted by atomic mass is 10.1. The molecule has 0 radical (unpaired) electrons. The molecule has 0 aromatic heterocycles. The first kappa shape index (κ1) is 25.5. The number of benzene rings is 2. The van der Waals surface area contributed by atoms with Gasteiger partial charge in [0, 0.05) is 17.7 Å². The van der Waals surface area contributed by atoms with Crippen molar-refractivity contribution in [3.8, 4) is 0 Å². The van der Waals surface area contributed by atoms with Crippen LogP contribution in [0, 0.1) is 10.1 Å². The Kier molecular flexibility index (Phi) is 9.05. The third kappa shape index (κ3) is 9.08. The highest BCUT2D eigenvalue weighted by Crippen LogP contribution is 2.14. The molecule has 0 saturated heterocycles. The van der Waals surface area contributed by atoms with Gasteiger partial charge in [0.1, 0.15) is 5.60 Å². The molecule has 0 heterocycles. The van der Waals surface area contributed by atoms with E-state index in [1.165, 1.54) is 18.2 Å². The van der Waals surface area contributed by atoms with Crippen LogP contribution in [0.3, 0.4) is 0 Å². The van der Waals surface area contributed by atoms with Crippen LogP contribution >= 0.6 is 0 Å². The van der Waals surface area contributed by atoms with Crippen LogP contribution in [0.25, 0.3) is 0 Å². The second kappa shape index (κ2) is 11.7. The molecule has 10 heteroatoms. The predicted octanol–water partition coefficient (Wildman–Crippen LogP) is 3.43. The summed E-state index contributed by atoms with van der Waals surface area (Å²) >= 11 is 0. The topological polar surface area (TPSA) is 134 Å². The Bertz CT molecular complexity index is 985. The van der Waals surface area contributed by atoms with Gasteiger partial charge in [-0.1, -0.05) is 42.5 Å². The monoisotopic (exact) mass is 458 g/mol. The minimum absolute atomic E-state index is 0.0222. The SMILES string of the molecule is CC(C)(C)OC(=O)N[C@H](COCc1ccccc1)C(=O)OCC(=O)c1cccc([N+](=O)[O-])c1. The van der Waals surface area contributed by atoms with Gasteiger partial charge in [-0.2, -0.15) is 0 Å². The minimum atomic E-state index is -1.23. The van der Waals surface area contributed by atoms with Gasteiger partial charge in [-0.3, -0.25) is 14.9 Å². The number of ether oxygens (including phenoxy) is 3. The zero-order valence-electron chi connectivity index (χ0n) is 18.6. The number of non-ortho nitro benzene ring substituents is 1. The summed E-state index contributed by atoms with van der Waals surface area (Å²) in [6.07, 6.45) is -0.849. The van der Waals surface area contributed by atoms with E-state index in [2.05, 4.69) is 5.32 Å². The Labute approximate surface area is 191 Å². The maximum atomic E-state index is 12.6. The molecule has 0 bridgehead atoms. The zero-order chi connectivity index (χ0) is 24.4. The fourth-order valence-corrected chi connectivity index (χ4v) is 2.60. The van der Waals surface area contributed by atoms with Gasteiger partial charge in [0.25, 0.3) is 5.69 Å². The van der Waals surface area contributed by atoms with Crippen molar-refractivity contribution in [3.05, 3.63) is 75.8 Å². The maximum Gasteiger partial charge on any atom is 0.408 e. The van der Waals surface area contributed by atoms with Gasteiger partial charge in [0.2, 0.25) is 5.78 Å². The molecule has 2 rings (SSSR count). The maximum absolute atomic E-state index is 12.6. The Morgan fingerprint density at radius 3 is 2.39 bits per heavy atom. The van der Waals surface area contributed by atoms with Gasteiger partial charge in [-0.15, -0.1) is 0 Å². The van der Waals surface area contributed by atoms with Gasteiger partial charge in [0.15, 0.2) is 12.6 Å². The average Bonchev–Trinajstić information content (AvgIpc) is 2.76. The van der Waals surface area contributed by atoms with Crippen molar-refractivity contribution in [3.63, 3.8) is 0 Å². The number of nitro benzene ring substituents is 1. The standard InChI is InChI=1S/C23H26N2O8/c1-23(2,3)33-22(28)24-19(14-31-13-16-8-5-4-6-9-16)21(27)32-15-20(26)17-10-7-11-18(12-17)25(29)30/h4-12,19H,13-15H2,1-3H3,(H,24,28)/t19-/m1/s1. The van der Waals surface area contributed by atoms with Crippen LogP contribution < -0.4 is 5.32 Å². The molecule has 10 nitrogen and oxygen atoms in total. The summed E-state index contributed by atoms with van der Waals surface area (Å²) in [5.74, 6) is -1.54. The van der Waals surface area contributed by atoms with Crippen LogP contribution in [-0.2, 0) is 25.6 Å². The number of carbonyl (C=O) groups is 3. The number of carbonyl (C=O) groups excluding carboxylic acids is 3. The van der Waals surface area contributed by atoms with E-state index in [0.29, 0.717) is 0 Å². The van der Waals surface area contributed by atoms with Crippen LogP contribution in [0.2, 0.25) is 0 Å². The van der Waals surface area contributed by atoms with E-state index >= 15 is 0 Å². The van der Waals surface area contributed by atoms with Crippen molar-refractivity contribution >= 4 is 23.5 Å². The van der Waals surface area contributed by atoms with Crippen LogP contribution in [0.15, 0.2) is 54.6 Å². The van der Waals surface area contributed by atoms with Gasteiger partial charge >= 0.3 is 12.1 Å². The average molecular weight is 458 g/mol. The van der Waals surface area contributed by atoms with E-state index in [-0.39, 0.29) is 24.5 Å². The number of Topliss-reactive ketones (excluding diaryl/α,β-unsaturated/α-hetero) is 1. The van der Waals surface area contributed by atoms with E-state index in [9.17, 15) is 24.5 Å². The molecule has 0 saturated carbocycles. The van der Waals surface area contributed by atoms with Crippen molar-refractivity contribution in [2.75, 3.05) is 13.2 Å². The third-order valence-electron chi connectivity index (χ3n) is 4.10. The number of amides is 1. The summed E-state index contributed by atoms with van der Waals surface area (Å²) in [4.78, 5) is 47.3. The lowest BCUT2D eigenvalue weighted by molar-refractivity contribution is -0.384. The molecule has 2 aromatic rings. The molecule has 0 spiro atoms. The highest BCUT2D eigenvalue weighted by atomic mass is 16.6. The van der Waals surface area contributed by atoms with Crippen LogP contribution in [0.5, 0.6) is 0 Å². The van der Waals surface area contributed by atoms with Crippen LogP contribution in [0.4, 0.5) is 10.5 Å². The van der Waals surface area contributed by atoms with Crippen molar-refractivity contribution in [1.82, 2.24) is 5.32 Å². The summed E-state index contributed by atoms with van der Waals surface area (Å²) in [7, 11) is 0. The van der Waals surface area contributed by atoms with E-state index in [4.69, 9.17) is 14.2 Å². The molecule has 0 unspecified atom stereocenters. The molecule has 33 heavy (non-hydrogen) atoms. The highest BCUT2D eigenvalue weighted by Gasteiger charge is 2.27. The fraction of sp³-hybridized carbons (Fsp3) is 0.348. The number of alkyl carbamates (subject to hydrolysis) is 1. The molecule has 176 valence electrons. The van der Waals surface area contributed by atoms with E-state index in [1.54, 1.807) is 20.8 Å². The first-order valence-corrected chi connectivity index (χ1v) is 10.1. The largest absolute Gasteiger partial charge is 0.456 e. The Morgan fingerprint density at radius 1 is 1.06 bits per heavy atom. The normalized spacial score (nSPS) is 11.8. The van der Waals surface area contributed by atoms with Crippen LogP contribution in [-0.4, -0.2) is 47.6 Å². The second-order valence-electron chi connectivity index (χ2n) is 8.04. The predicted molar refractivity (Wildman–Crippen MR) is 118 cm³/mol. The van der Waals surface area contributed by atoms with Gasteiger partial charge in [0.05, 0.1) is 18.1 Å². The van der Waals surface area contributed by atoms with Crippen LogP contribution in [0.1, 0.15) is 36.7 Å². The number of ketones is 1. The smallest absolute Gasteiger partial charge is 0.408 e. The Balaban J connectivity index is 2.00. The highest BCUT2D eigenvalue weighted by molar-refractivity contribution is 5.98. The molecule has 2 aromatic carbocycles. The fourth-order valence-electron chi connectivity index (χ4n) is 2.60. The van der Waals surface area contributed by atoms with Crippen molar-refractivity contribution < 1.29 is 33.5 Å². The lowest BCUT2D eigenvalue weighted by Crippen LogP contribution is -2.47. The van der Waals surface area contributed by atoms with E-state index in [1.807, 2.05) is 30.3 Å². The Morgan fingerprint density at radius 2 is 1.76 bits per heavy atom. The lowest BCUT2D eigenvalue weighted by Gasteiger charge is -2.23. The first-order chi connectivity index (χ1) is 15.5. The van der Waals surface area contributed by atoms with Crippen molar-refractivity contribution in [2.24, 2.45) is 0 Å². The number of hydrogen-bond donors (Lipinski definition) is 1. The van der Waals surface area contributed by atoms with Gasteiger partial charge in [-0.05, 0) is 26.3 Å². The van der Waals surface area contributed by atoms with Crippen molar-refractivity contribution in [2.45, 2.75) is 39.0 Å². The van der Waals surface area contributed by atoms with Gasteiger partial charge in [-0.25, -0.2) is 9.59 Å². The molecule has 1 N–H and O–H groups in total. The number of nitro groups is 1. The molecule has 0 aliphatic heterocycles. The summed E-state index contributed by atoms with van der Waals surface area (Å²) in [6, 6.07) is 13.0. The molecule has 1 atom stereocenters. The summed E-state index contributed by atoms with van der Waals surface area (Å²) in [6.45, 7) is 4.31. The zero-order valence-corrected chi connectivity index (χ0v) is 18.6.